The molecule has 32 heavy (non-hydrogen) atoms. The fourth-order valence-corrected chi connectivity index (χ4v) is 5.30. The van der Waals surface area contributed by atoms with Crippen molar-refractivity contribution < 1.29 is 8.42 Å². The molecule has 2 aromatic rings. The highest BCUT2D eigenvalue weighted by molar-refractivity contribution is 7.89. The van der Waals surface area contributed by atoms with Gasteiger partial charge in [0.1, 0.15) is 17.0 Å². The van der Waals surface area contributed by atoms with Crippen LogP contribution in [0.3, 0.4) is 0 Å². The maximum atomic E-state index is 13.1. The minimum Gasteiger partial charge on any atom is -0.384 e. The summed E-state index contributed by atoms with van der Waals surface area (Å²) in [5, 5.41) is 20.3. The van der Waals surface area contributed by atoms with Crippen LogP contribution >= 0.6 is 0 Å². The first-order valence-corrected chi connectivity index (χ1v) is 13.0. The predicted molar refractivity (Wildman–Crippen MR) is 124 cm³/mol. The van der Waals surface area contributed by atoms with Crippen LogP contribution in [0.15, 0.2) is 29.4 Å². The van der Waals surface area contributed by atoms with Gasteiger partial charge in [-0.1, -0.05) is 51.4 Å². The molecule has 1 aromatic heterocycles. The largest absolute Gasteiger partial charge is 0.384 e. The zero-order chi connectivity index (χ0) is 23.0. The van der Waals surface area contributed by atoms with Gasteiger partial charge in [0.25, 0.3) is 0 Å². The first kappa shape index (κ1) is 24.2. The molecule has 3 rings (SSSR count). The number of hydrogen-bond acceptors (Lipinski definition) is 6. The van der Waals surface area contributed by atoms with Gasteiger partial charge in [-0.05, 0) is 37.5 Å². The molecule has 1 saturated carbocycles. The molecule has 1 unspecified atom stereocenters. The van der Waals surface area contributed by atoms with Gasteiger partial charge in [-0.15, -0.1) is 10.2 Å². The molecule has 8 nitrogen and oxygen atoms in total. The van der Waals surface area contributed by atoms with Gasteiger partial charge in [-0.3, -0.25) is 0 Å². The number of benzene rings is 1. The summed E-state index contributed by atoms with van der Waals surface area (Å²) < 4.78 is 30.5. The Kier molecular flexibility index (Phi) is 8.65. The molecule has 0 radical (unpaired) electrons. The maximum Gasteiger partial charge on any atom is 0.243 e. The number of nitrogens with zero attached hydrogens (tertiary/aromatic N) is 4. The number of hydrogen-bond donors (Lipinski definition) is 2. The van der Waals surface area contributed by atoms with Crippen LogP contribution in [-0.2, 0) is 17.1 Å². The number of nitrogens with one attached hydrogen (secondary N) is 2. The molecular formula is C23H34N6O2S. The molecule has 9 heteroatoms. The molecule has 0 amide bonds. The third-order valence-electron chi connectivity index (χ3n) is 5.92. The van der Waals surface area contributed by atoms with E-state index in [4.69, 9.17) is 0 Å². The monoisotopic (exact) mass is 458 g/mol. The molecule has 1 atom stereocenters. The van der Waals surface area contributed by atoms with Crippen molar-refractivity contribution in [3.63, 3.8) is 0 Å². The lowest BCUT2D eigenvalue weighted by molar-refractivity contribution is 0.553. The van der Waals surface area contributed by atoms with E-state index in [1.807, 2.05) is 6.07 Å². The van der Waals surface area contributed by atoms with Crippen LogP contribution in [-0.4, -0.2) is 29.7 Å². The highest BCUT2D eigenvalue weighted by atomic mass is 32.2. The van der Waals surface area contributed by atoms with Crippen molar-refractivity contribution in [3.8, 4) is 6.07 Å². The first-order chi connectivity index (χ1) is 15.4. The summed E-state index contributed by atoms with van der Waals surface area (Å²) in [6.45, 7) is 2.41. The number of sulfonamides is 1. The molecule has 2 N–H and O–H groups in total. The van der Waals surface area contributed by atoms with Gasteiger partial charge >= 0.3 is 0 Å². The number of nitriles is 1. The van der Waals surface area contributed by atoms with Crippen molar-refractivity contribution in [1.82, 2.24) is 19.5 Å². The fraction of sp³-hybridized carbons (Fsp3) is 0.609. The molecule has 0 saturated heterocycles. The quantitative estimate of drug-likeness (QED) is 0.409. The lowest BCUT2D eigenvalue weighted by atomic mass is 10.1. The zero-order valence-electron chi connectivity index (χ0n) is 19.0. The van der Waals surface area contributed by atoms with Gasteiger partial charge in [0.15, 0.2) is 0 Å². The van der Waals surface area contributed by atoms with E-state index >= 15 is 0 Å². The third-order valence-corrected chi connectivity index (χ3v) is 7.50. The average molecular weight is 459 g/mol. The van der Waals surface area contributed by atoms with Gasteiger partial charge in [0.05, 0.1) is 23.4 Å². The van der Waals surface area contributed by atoms with Gasteiger partial charge in [0, 0.05) is 13.6 Å². The summed E-state index contributed by atoms with van der Waals surface area (Å²) in [5.74, 6) is 1.53. The molecule has 1 aliphatic rings. The first-order valence-electron chi connectivity index (χ1n) is 11.5. The van der Waals surface area contributed by atoms with Crippen LogP contribution < -0.4 is 10.0 Å². The third kappa shape index (κ3) is 7.04. The lowest BCUT2D eigenvalue weighted by Crippen LogP contribution is -2.29. The number of aromatic nitrogens is 3. The van der Waals surface area contributed by atoms with E-state index in [2.05, 4.69) is 20.2 Å². The number of unbranched alkanes of at least 4 members (excludes halogenated alkanes) is 5. The molecule has 1 aliphatic carbocycles. The van der Waals surface area contributed by atoms with E-state index in [1.165, 1.54) is 57.3 Å². The second kappa shape index (κ2) is 11.4. The summed E-state index contributed by atoms with van der Waals surface area (Å²) in [4.78, 5) is 0.0747. The smallest absolute Gasteiger partial charge is 0.243 e. The van der Waals surface area contributed by atoms with Gasteiger partial charge in [-0.25, -0.2) is 13.1 Å². The minimum absolute atomic E-state index is 0.0747. The Bertz CT molecular complexity index is 1020. The van der Waals surface area contributed by atoms with E-state index in [0.717, 1.165) is 18.8 Å². The van der Waals surface area contributed by atoms with E-state index < -0.39 is 16.1 Å². The SMILES string of the molecule is CC(NS(=O)(=O)c1cc(C#N)ccc1NCCCCCCCCC1CC1)c1nncn1C. The molecular weight excluding hydrogens is 424 g/mol. The van der Waals surface area contributed by atoms with Gasteiger partial charge < -0.3 is 9.88 Å². The van der Waals surface area contributed by atoms with E-state index in [-0.39, 0.29) is 4.90 Å². The summed E-state index contributed by atoms with van der Waals surface area (Å²) in [7, 11) is -2.11. The van der Waals surface area contributed by atoms with Crippen LogP contribution in [0.2, 0.25) is 0 Å². The molecule has 174 valence electrons. The fourth-order valence-electron chi connectivity index (χ4n) is 3.89. The topological polar surface area (TPSA) is 113 Å². The van der Waals surface area contributed by atoms with Crippen molar-refractivity contribution in [1.29, 1.82) is 5.26 Å². The van der Waals surface area contributed by atoms with Crippen LogP contribution in [0.1, 0.15) is 82.1 Å². The Hall–Kier alpha value is -2.44. The summed E-state index contributed by atoms with van der Waals surface area (Å²) >= 11 is 0. The van der Waals surface area contributed by atoms with E-state index in [9.17, 15) is 13.7 Å². The summed E-state index contributed by atoms with van der Waals surface area (Å²) in [6.07, 6.45) is 13.1. The van der Waals surface area contributed by atoms with Crippen molar-refractivity contribution in [2.24, 2.45) is 13.0 Å². The highest BCUT2D eigenvalue weighted by Gasteiger charge is 2.24. The molecule has 0 bridgehead atoms. The normalized spacial score (nSPS) is 14.8. The standard InChI is InChI=1S/C23H34N6O2S/c1-18(23-27-26-17-29(23)2)28-32(30,31)22-15-20(16-24)12-13-21(22)25-14-8-6-4-3-5-7-9-19-10-11-19/h12-13,15,17-19,25,28H,3-11,14H2,1-2H3. The molecule has 1 aromatic carbocycles. The zero-order valence-corrected chi connectivity index (χ0v) is 19.9. The van der Waals surface area contributed by atoms with Crippen molar-refractivity contribution in [2.75, 3.05) is 11.9 Å². The summed E-state index contributed by atoms with van der Waals surface area (Å²) in [6, 6.07) is 6.17. The number of aryl methyl sites for hydroxylation is 1. The Balaban J connectivity index is 1.53. The van der Waals surface area contributed by atoms with Gasteiger partial charge in [-0.2, -0.15) is 5.26 Å². The average Bonchev–Trinajstić information content (AvgIpc) is 3.49. The Morgan fingerprint density at radius 1 is 1.19 bits per heavy atom. The van der Waals surface area contributed by atoms with Crippen molar-refractivity contribution in [2.45, 2.75) is 75.6 Å². The molecule has 0 aliphatic heterocycles. The Labute approximate surface area is 191 Å². The van der Waals surface area contributed by atoms with Crippen LogP contribution in [0.5, 0.6) is 0 Å². The van der Waals surface area contributed by atoms with E-state index in [1.54, 1.807) is 30.7 Å². The number of rotatable bonds is 14. The highest BCUT2D eigenvalue weighted by Crippen LogP contribution is 2.34. The summed E-state index contributed by atoms with van der Waals surface area (Å²) in [5.41, 5.74) is 0.805. The van der Waals surface area contributed by atoms with Crippen LogP contribution in [0, 0.1) is 17.2 Å². The van der Waals surface area contributed by atoms with E-state index in [0.29, 0.717) is 23.6 Å². The minimum atomic E-state index is -3.87. The Morgan fingerprint density at radius 2 is 1.91 bits per heavy atom. The van der Waals surface area contributed by atoms with Crippen LogP contribution in [0.4, 0.5) is 5.69 Å². The Morgan fingerprint density at radius 3 is 2.56 bits per heavy atom. The van der Waals surface area contributed by atoms with Gasteiger partial charge in [0.2, 0.25) is 10.0 Å². The van der Waals surface area contributed by atoms with Crippen molar-refractivity contribution >= 4 is 15.7 Å². The van der Waals surface area contributed by atoms with Crippen LogP contribution in [0.25, 0.3) is 0 Å². The number of anilines is 1. The molecule has 0 spiro atoms. The maximum absolute atomic E-state index is 13.1. The molecule has 1 heterocycles. The molecule has 1 fully saturated rings. The predicted octanol–water partition coefficient (Wildman–Crippen LogP) is 4.28. The lowest BCUT2D eigenvalue weighted by Gasteiger charge is -2.17. The van der Waals surface area contributed by atoms with Crippen molar-refractivity contribution in [3.05, 3.63) is 35.9 Å². The second-order valence-electron chi connectivity index (χ2n) is 8.75. The second-order valence-corrected chi connectivity index (χ2v) is 10.4.